The molecule has 12 heteroatoms. The number of ether oxygens (including phenoxy) is 6. The molecule has 0 radical (unpaired) electrons. The fourth-order valence-corrected chi connectivity index (χ4v) is 7.79. The molecular formula is C59H70F2O10. The minimum absolute atomic E-state index is 0. The Morgan fingerprint density at radius 2 is 0.901 bits per heavy atom. The first-order valence-electron chi connectivity index (χ1n) is 24.0. The molecule has 0 aliphatic carbocycles. The van der Waals surface area contributed by atoms with E-state index in [1.54, 1.807) is 38.5 Å². The van der Waals surface area contributed by atoms with Crippen molar-refractivity contribution in [1.82, 2.24) is 0 Å². The van der Waals surface area contributed by atoms with Crippen LogP contribution in [0.2, 0.25) is 0 Å². The van der Waals surface area contributed by atoms with Gasteiger partial charge in [0.2, 0.25) is 0 Å². The van der Waals surface area contributed by atoms with Crippen molar-refractivity contribution in [2.45, 2.75) is 112 Å². The van der Waals surface area contributed by atoms with Crippen LogP contribution < -0.4 is 28.4 Å². The van der Waals surface area contributed by atoms with Crippen LogP contribution in [-0.4, -0.2) is 49.6 Å². The van der Waals surface area contributed by atoms with Crippen LogP contribution in [0.4, 0.5) is 8.78 Å². The number of unbranched alkanes of at least 4 members (excludes halogenated alkanes) is 2. The third-order valence-electron chi connectivity index (χ3n) is 11.8. The predicted molar refractivity (Wildman–Crippen MR) is 276 cm³/mol. The molecule has 0 unspecified atom stereocenters. The van der Waals surface area contributed by atoms with Gasteiger partial charge in [-0.1, -0.05) is 96.5 Å². The van der Waals surface area contributed by atoms with Crippen molar-refractivity contribution in [3.63, 3.8) is 0 Å². The summed E-state index contributed by atoms with van der Waals surface area (Å²) in [6.45, 7) is 9.79. The van der Waals surface area contributed by atoms with Gasteiger partial charge < -0.3 is 38.6 Å². The highest BCUT2D eigenvalue weighted by molar-refractivity contribution is 5.74. The predicted octanol–water partition coefficient (Wildman–Crippen LogP) is 15.1. The van der Waals surface area contributed by atoms with Crippen LogP contribution in [0.1, 0.15) is 121 Å². The topological polar surface area (TPSA) is 130 Å². The maximum absolute atomic E-state index is 14.7. The molecule has 0 heterocycles. The molecule has 71 heavy (non-hydrogen) atoms. The second-order valence-corrected chi connectivity index (χ2v) is 16.9. The Hall–Kier alpha value is -7.08. The van der Waals surface area contributed by atoms with Crippen molar-refractivity contribution >= 4 is 11.9 Å². The lowest BCUT2D eigenvalue weighted by Crippen LogP contribution is -2.06. The molecule has 0 fully saturated rings. The smallest absolute Gasteiger partial charge is 0.303 e. The average molecular weight is 977 g/mol. The summed E-state index contributed by atoms with van der Waals surface area (Å²) >= 11 is 0. The molecule has 0 saturated carbocycles. The van der Waals surface area contributed by atoms with Crippen molar-refractivity contribution in [3.8, 4) is 56.8 Å². The van der Waals surface area contributed by atoms with Crippen molar-refractivity contribution in [2.75, 3.05) is 27.4 Å². The molecule has 380 valence electrons. The maximum atomic E-state index is 14.7. The Balaban J connectivity index is 0.000000304. The van der Waals surface area contributed by atoms with Gasteiger partial charge in [0.15, 0.2) is 0 Å². The number of carboxylic acid groups (broad SMARTS) is 2. The quantitative estimate of drug-likeness (QED) is 0.0507. The van der Waals surface area contributed by atoms with E-state index in [4.69, 9.17) is 28.4 Å². The fourth-order valence-electron chi connectivity index (χ4n) is 7.79. The van der Waals surface area contributed by atoms with Gasteiger partial charge in [-0.25, -0.2) is 8.78 Å². The highest BCUT2D eigenvalue weighted by atomic mass is 19.1. The lowest BCUT2D eigenvalue weighted by atomic mass is 9.93. The standard InChI is InChI=1S/2C29H33FO5.CH4/c2*1-4-6-14-34-28-15-20(10-12-25(28)26-18-23(33-3)11-13-27(26)30)19-35-24-9-7-8-22(16-24)21(5-2)17-29(31)32;/h2*7-13,15-16,18,21H,4-6,14,17,19H2,1-3H3,(H,31,32);1H4/t2*21-;/m10./s1. The van der Waals surface area contributed by atoms with Crippen LogP contribution in [0.3, 0.4) is 0 Å². The van der Waals surface area contributed by atoms with E-state index < -0.39 is 11.9 Å². The van der Waals surface area contributed by atoms with Crippen LogP contribution >= 0.6 is 0 Å². The summed E-state index contributed by atoms with van der Waals surface area (Å²) in [5.41, 5.74) is 5.79. The minimum atomic E-state index is -0.814. The number of carboxylic acids is 2. The molecule has 0 aliphatic heterocycles. The molecule has 0 saturated heterocycles. The highest BCUT2D eigenvalue weighted by Gasteiger charge is 2.18. The van der Waals surface area contributed by atoms with Crippen LogP contribution in [0.15, 0.2) is 121 Å². The van der Waals surface area contributed by atoms with Crippen LogP contribution in [0, 0.1) is 11.6 Å². The van der Waals surface area contributed by atoms with E-state index in [0.29, 0.717) is 83.2 Å². The zero-order valence-corrected chi connectivity index (χ0v) is 41.1. The second-order valence-electron chi connectivity index (χ2n) is 16.9. The Morgan fingerprint density at radius 1 is 0.493 bits per heavy atom. The molecule has 0 aromatic heterocycles. The van der Waals surface area contributed by atoms with Gasteiger partial charge in [0.05, 0.1) is 40.3 Å². The van der Waals surface area contributed by atoms with Gasteiger partial charge in [-0.3, -0.25) is 9.59 Å². The van der Waals surface area contributed by atoms with E-state index in [-0.39, 0.29) is 43.7 Å². The zero-order chi connectivity index (χ0) is 50.4. The number of halogens is 2. The van der Waals surface area contributed by atoms with E-state index in [0.717, 1.165) is 60.8 Å². The van der Waals surface area contributed by atoms with Crippen LogP contribution in [-0.2, 0) is 22.8 Å². The van der Waals surface area contributed by atoms with E-state index in [2.05, 4.69) is 13.8 Å². The van der Waals surface area contributed by atoms with Crippen molar-refractivity contribution < 1.29 is 57.0 Å². The normalized spacial score (nSPS) is 11.5. The summed E-state index contributed by atoms with van der Waals surface area (Å²) in [7, 11) is 3.10. The number of hydrogen-bond donors (Lipinski definition) is 2. The lowest BCUT2D eigenvalue weighted by Gasteiger charge is -2.16. The molecule has 2 atom stereocenters. The van der Waals surface area contributed by atoms with Crippen molar-refractivity contribution in [3.05, 3.63) is 155 Å². The summed E-state index contributed by atoms with van der Waals surface area (Å²) in [5, 5.41) is 18.4. The number of carbonyl (C=O) groups is 2. The number of benzene rings is 6. The maximum Gasteiger partial charge on any atom is 0.303 e. The minimum Gasteiger partial charge on any atom is -0.497 e. The first kappa shape index (κ1) is 56.5. The molecule has 0 amide bonds. The van der Waals surface area contributed by atoms with Gasteiger partial charge in [-0.2, -0.15) is 0 Å². The Kier molecular flexibility index (Phi) is 23.2. The van der Waals surface area contributed by atoms with Gasteiger partial charge in [-0.15, -0.1) is 0 Å². The SMILES string of the molecule is C.CCCCOc1cc(COc2cccc([C@@H](CC)CC(=O)O)c2)ccc1-c1cc(OC)ccc1F.CCCCOc1cc(COc2cccc([C@H](CC)CC(=O)O)c2)ccc1-c1cc(OC)ccc1F. The highest BCUT2D eigenvalue weighted by Crippen LogP contribution is 2.38. The van der Waals surface area contributed by atoms with E-state index in [1.807, 2.05) is 98.8 Å². The Morgan fingerprint density at radius 3 is 1.25 bits per heavy atom. The summed E-state index contributed by atoms with van der Waals surface area (Å²) in [6, 6.07) is 35.7. The third kappa shape index (κ3) is 17.1. The molecule has 0 spiro atoms. The van der Waals surface area contributed by atoms with Crippen molar-refractivity contribution in [2.24, 2.45) is 0 Å². The first-order valence-corrected chi connectivity index (χ1v) is 24.0. The molecule has 2 N–H and O–H groups in total. The summed E-state index contributed by atoms with van der Waals surface area (Å²) in [4.78, 5) is 22.4. The second kappa shape index (κ2) is 29.2. The van der Waals surface area contributed by atoms with Gasteiger partial charge in [0, 0.05) is 22.3 Å². The van der Waals surface area contributed by atoms with Crippen LogP contribution in [0.5, 0.6) is 34.5 Å². The number of rotatable bonds is 26. The monoisotopic (exact) mass is 976 g/mol. The summed E-state index contributed by atoms with van der Waals surface area (Å²) in [5.74, 6) is 1.21. The number of hydrogen-bond acceptors (Lipinski definition) is 8. The molecule has 10 nitrogen and oxygen atoms in total. The van der Waals surface area contributed by atoms with Gasteiger partial charge in [0.25, 0.3) is 0 Å². The van der Waals surface area contributed by atoms with E-state index in [9.17, 15) is 28.6 Å². The van der Waals surface area contributed by atoms with Crippen molar-refractivity contribution in [1.29, 1.82) is 0 Å². The number of methoxy groups -OCH3 is 2. The Labute approximate surface area is 418 Å². The number of aliphatic carboxylic acids is 2. The van der Waals surface area contributed by atoms with Gasteiger partial charge in [-0.05, 0) is 133 Å². The van der Waals surface area contributed by atoms with Gasteiger partial charge in [0.1, 0.15) is 59.3 Å². The Bertz CT molecular complexity index is 2430. The fraction of sp³-hybridized carbons (Fsp3) is 0.356. The summed E-state index contributed by atoms with van der Waals surface area (Å²) in [6.07, 6.45) is 5.39. The molecule has 0 bridgehead atoms. The van der Waals surface area contributed by atoms with Gasteiger partial charge >= 0.3 is 11.9 Å². The molecule has 6 aromatic rings. The lowest BCUT2D eigenvalue weighted by molar-refractivity contribution is -0.138. The largest absolute Gasteiger partial charge is 0.497 e. The zero-order valence-electron chi connectivity index (χ0n) is 41.1. The third-order valence-corrected chi connectivity index (χ3v) is 11.8. The molecule has 6 aromatic carbocycles. The molecule has 6 rings (SSSR count). The van der Waals surface area contributed by atoms with E-state index in [1.165, 1.54) is 12.1 Å². The average Bonchev–Trinajstić information content (AvgIpc) is 3.37. The van der Waals surface area contributed by atoms with Crippen LogP contribution in [0.25, 0.3) is 22.3 Å². The first-order chi connectivity index (χ1) is 33.9. The summed E-state index contributed by atoms with van der Waals surface area (Å²) < 4.78 is 64.0. The molecule has 0 aliphatic rings. The van der Waals surface area contributed by atoms with E-state index >= 15 is 0 Å². The molecular weight excluding hydrogens is 907 g/mol.